The lowest BCUT2D eigenvalue weighted by Gasteiger charge is -2.32. The molecule has 0 bridgehead atoms. The van der Waals surface area contributed by atoms with Crippen LogP contribution in [0.2, 0.25) is 0 Å². The molecule has 1 fully saturated rings. The minimum atomic E-state index is -4.49. The number of hydrogen-bond acceptors (Lipinski definition) is 6. The maximum Gasteiger partial charge on any atom is 0.416 e. The molecule has 0 unspecified atom stereocenters. The quantitative estimate of drug-likeness (QED) is 0.226. The minimum Gasteiger partial charge on any atom is -0.390 e. The number of sulfonamides is 1. The van der Waals surface area contributed by atoms with Crippen LogP contribution >= 0.6 is 0 Å². The smallest absolute Gasteiger partial charge is 0.390 e. The number of aliphatic hydroxyl groups excluding tert-OH is 1. The Balaban J connectivity index is 1.57. The number of benzene rings is 3. The SMILES string of the molecule is CCNc1cc(C(=O)N[C@@H](Cc2ccccc2)[C@H](O)CNC(C)(C)c2cccc(C(F)(F)F)c2)cc(N2CCCS2(=O)=O)c1. The summed E-state index contributed by atoms with van der Waals surface area (Å²) in [5, 5.41) is 20.6. The first kappa shape index (κ1) is 33.3. The van der Waals surface area contributed by atoms with Crippen molar-refractivity contribution in [3.05, 3.63) is 95.1 Å². The van der Waals surface area contributed by atoms with E-state index in [4.69, 9.17) is 0 Å². The summed E-state index contributed by atoms with van der Waals surface area (Å²) in [4.78, 5) is 13.6. The summed E-state index contributed by atoms with van der Waals surface area (Å²) < 4.78 is 66.5. The Kier molecular flexibility index (Phi) is 10.3. The van der Waals surface area contributed by atoms with Crippen LogP contribution in [0, 0.1) is 0 Å². The summed E-state index contributed by atoms with van der Waals surface area (Å²) >= 11 is 0. The Morgan fingerprint density at radius 2 is 1.70 bits per heavy atom. The lowest BCUT2D eigenvalue weighted by molar-refractivity contribution is -0.137. The van der Waals surface area contributed by atoms with Gasteiger partial charge in [-0.05, 0) is 75.1 Å². The van der Waals surface area contributed by atoms with E-state index in [0.29, 0.717) is 36.4 Å². The predicted octanol–water partition coefficient (Wildman–Crippen LogP) is 4.90. The van der Waals surface area contributed by atoms with Crippen molar-refractivity contribution in [1.29, 1.82) is 0 Å². The molecule has 3 aromatic carbocycles. The molecule has 1 aliphatic heterocycles. The molecular weight excluding hydrogens is 593 g/mol. The number of nitrogens with zero attached hydrogens (tertiary/aromatic N) is 1. The second-order valence-corrected chi connectivity index (χ2v) is 13.5. The van der Waals surface area contributed by atoms with Crippen LogP contribution in [-0.2, 0) is 28.2 Å². The molecule has 1 amide bonds. The Morgan fingerprint density at radius 3 is 2.34 bits per heavy atom. The van der Waals surface area contributed by atoms with Crippen LogP contribution in [0.25, 0.3) is 0 Å². The van der Waals surface area contributed by atoms with E-state index in [1.807, 2.05) is 37.3 Å². The monoisotopic (exact) mass is 632 g/mol. The van der Waals surface area contributed by atoms with E-state index in [-0.39, 0.29) is 24.3 Å². The maximum atomic E-state index is 13.6. The number of carbonyl (C=O) groups excluding carboxylic acids is 1. The molecule has 4 rings (SSSR count). The molecule has 0 aromatic heterocycles. The fourth-order valence-electron chi connectivity index (χ4n) is 5.21. The van der Waals surface area contributed by atoms with E-state index >= 15 is 0 Å². The molecule has 2 atom stereocenters. The zero-order valence-corrected chi connectivity index (χ0v) is 25.8. The van der Waals surface area contributed by atoms with E-state index in [9.17, 15) is 31.5 Å². The van der Waals surface area contributed by atoms with Gasteiger partial charge < -0.3 is 21.1 Å². The van der Waals surface area contributed by atoms with Gasteiger partial charge >= 0.3 is 6.18 Å². The molecule has 0 saturated carbocycles. The number of anilines is 2. The van der Waals surface area contributed by atoms with Gasteiger partial charge in [0.1, 0.15) is 0 Å². The number of amides is 1. The van der Waals surface area contributed by atoms with Gasteiger partial charge in [-0.15, -0.1) is 0 Å². The summed E-state index contributed by atoms with van der Waals surface area (Å²) in [7, 11) is -3.48. The molecule has 3 aromatic rings. The lowest BCUT2D eigenvalue weighted by atomic mass is 9.92. The summed E-state index contributed by atoms with van der Waals surface area (Å²) in [6, 6.07) is 18.4. The third-order valence-electron chi connectivity index (χ3n) is 7.69. The molecule has 0 aliphatic carbocycles. The highest BCUT2D eigenvalue weighted by molar-refractivity contribution is 7.93. The third kappa shape index (κ3) is 8.30. The molecule has 12 heteroatoms. The first-order valence-electron chi connectivity index (χ1n) is 14.5. The molecule has 0 spiro atoms. The van der Waals surface area contributed by atoms with Gasteiger partial charge in [0, 0.05) is 36.4 Å². The number of carbonyl (C=O) groups is 1. The van der Waals surface area contributed by atoms with Crippen molar-refractivity contribution in [1.82, 2.24) is 10.6 Å². The molecule has 1 heterocycles. The van der Waals surface area contributed by atoms with Crippen LogP contribution in [-0.4, -0.2) is 57.0 Å². The lowest BCUT2D eigenvalue weighted by Crippen LogP contribution is -2.51. The summed E-state index contributed by atoms with van der Waals surface area (Å²) in [5.74, 6) is -0.463. The molecule has 238 valence electrons. The number of alkyl halides is 3. The van der Waals surface area contributed by atoms with Gasteiger partial charge in [-0.2, -0.15) is 13.2 Å². The van der Waals surface area contributed by atoms with Gasteiger partial charge in [0.2, 0.25) is 10.0 Å². The number of nitrogens with one attached hydrogen (secondary N) is 3. The second-order valence-electron chi connectivity index (χ2n) is 11.5. The van der Waals surface area contributed by atoms with Crippen LogP contribution in [0.15, 0.2) is 72.8 Å². The number of rotatable bonds is 12. The zero-order chi connectivity index (χ0) is 32.1. The summed E-state index contributed by atoms with van der Waals surface area (Å²) in [6.07, 6.45) is -4.84. The van der Waals surface area contributed by atoms with E-state index in [2.05, 4.69) is 16.0 Å². The number of hydrogen-bond donors (Lipinski definition) is 4. The van der Waals surface area contributed by atoms with E-state index in [0.717, 1.165) is 17.7 Å². The minimum absolute atomic E-state index is 0.0320. The van der Waals surface area contributed by atoms with Crippen LogP contribution in [0.4, 0.5) is 24.5 Å². The molecule has 1 aliphatic rings. The van der Waals surface area contributed by atoms with Crippen molar-refractivity contribution < 1.29 is 31.5 Å². The number of aliphatic hydroxyl groups is 1. The Labute approximate surface area is 256 Å². The Bertz CT molecular complexity index is 1550. The molecule has 44 heavy (non-hydrogen) atoms. The van der Waals surface area contributed by atoms with Gasteiger partial charge in [0.05, 0.1) is 29.1 Å². The standard InChI is InChI=1S/C32H39F3N4O4S/c1-4-36-26-17-23(18-27(20-26)39-14-9-15-44(39,42)43)30(41)38-28(16-22-10-6-5-7-11-22)29(40)21-37-31(2,3)24-12-8-13-25(19-24)32(33,34)35/h5-8,10-13,17-20,28-29,36-37,40H,4,9,14-16,21H2,1-3H3,(H,38,41)/t28-,29+/m0/s1. The normalized spacial score (nSPS) is 16.4. The maximum absolute atomic E-state index is 13.6. The highest BCUT2D eigenvalue weighted by Gasteiger charge is 2.33. The average molecular weight is 633 g/mol. The fourth-order valence-corrected chi connectivity index (χ4v) is 6.76. The fraction of sp³-hybridized carbons (Fsp3) is 0.406. The predicted molar refractivity (Wildman–Crippen MR) is 166 cm³/mol. The van der Waals surface area contributed by atoms with E-state index in [1.165, 1.54) is 16.4 Å². The highest BCUT2D eigenvalue weighted by atomic mass is 32.2. The summed E-state index contributed by atoms with van der Waals surface area (Å²) in [6.45, 7) is 6.18. The van der Waals surface area contributed by atoms with Crippen LogP contribution in [0.3, 0.4) is 0 Å². The summed E-state index contributed by atoms with van der Waals surface area (Å²) in [5.41, 5.74) is 0.758. The van der Waals surface area contributed by atoms with Crippen LogP contribution in [0.1, 0.15) is 54.2 Å². The van der Waals surface area contributed by atoms with Gasteiger partial charge in [0.25, 0.3) is 5.91 Å². The highest BCUT2D eigenvalue weighted by Crippen LogP contribution is 2.32. The first-order chi connectivity index (χ1) is 20.7. The van der Waals surface area contributed by atoms with E-state index in [1.54, 1.807) is 32.0 Å². The van der Waals surface area contributed by atoms with Crippen molar-refractivity contribution in [2.75, 3.05) is 35.0 Å². The van der Waals surface area contributed by atoms with Gasteiger partial charge in [-0.1, -0.05) is 42.5 Å². The van der Waals surface area contributed by atoms with Crippen LogP contribution < -0.4 is 20.3 Å². The second kappa shape index (κ2) is 13.6. The molecular formula is C32H39F3N4O4S. The van der Waals surface area contributed by atoms with Crippen LogP contribution in [0.5, 0.6) is 0 Å². The average Bonchev–Trinajstić information content (AvgIpc) is 3.34. The van der Waals surface area contributed by atoms with Crippen molar-refractivity contribution in [3.8, 4) is 0 Å². The molecule has 4 N–H and O–H groups in total. The van der Waals surface area contributed by atoms with E-state index < -0.39 is 45.4 Å². The molecule has 8 nitrogen and oxygen atoms in total. The van der Waals surface area contributed by atoms with Crippen molar-refractivity contribution >= 4 is 27.3 Å². The zero-order valence-electron chi connectivity index (χ0n) is 25.0. The molecule has 1 saturated heterocycles. The van der Waals surface area contributed by atoms with Gasteiger partial charge in [0.15, 0.2) is 0 Å². The third-order valence-corrected chi connectivity index (χ3v) is 9.56. The largest absolute Gasteiger partial charge is 0.416 e. The van der Waals surface area contributed by atoms with Crippen molar-refractivity contribution in [2.45, 2.75) is 57.5 Å². The Hall–Kier alpha value is -3.61. The Morgan fingerprint density at radius 1 is 1.00 bits per heavy atom. The van der Waals surface area contributed by atoms with Crippen molar-refractivity contribution in [2.24, 2.45) is 0 Å². The first-order valence-corrected chi connectivity index (χ1v) is 16.2. The molecule has 0 radical (unpaired) electrons. The van der Waals surface area contributed by atoms with Gasteiger partial charge in [-0.25, -0.2) is 8.42 Å². The number of halogens is 3. The topological polar surface area (TPSA) is 111 Å². The van der Waals surface area contributed by atoms with Gasteiger partial charge in [-0.3, -0.25) is 9.10 Å². The van der Waals surface area contributed by atoms with Crippen molar-refractivity contribution in [3.63, 3.8) is 0 Å².